The van der Waals surface area contributed by atoms with E-state index in [-0.39, 0.29) is 10.5 Å². The van der Waals surface area contributed by atoms with Crippen molar-refractivity contribution in [2.45, 2.75) is 4.90 Å². The van der Waals surface area contributed by atoms with Gasteiger partial charge in [-0.15, -0.1) is 5.10 Å². The lowest BCUT2D eigenvalue weighted by molar-refractivity contribution is -0.385. The molecule has 0 saturated carbocycles. The van der Waals surface area contributed by atoms with Crippen molar-refractivity contribution >= 4 is 27.1 Å². The molecule has 144 valence electrons. The van der Waals surface area contributed by atoms with Gasteiger partial charge in [-0.25, -0.2) is 13.1 Å². The van der Waals surface area contributed by atoms with Gasteiger partial charge in [-0.2, -0.15) is 0 Å². The standard InChI is InChI=1S/C16H14N6O5S/c1-21-15(18-19-20-21)10-4-3-5-12(6-10)17-16(23)11-7-13(22(24)25)9-14(8-11)28(2,26)27/h3-9H,1-2H3,(H,17,23). The molecule has 0 aliphatic rings. The summed E-state index contributed by atoms with van der Waals surface area (Å²) in [5.41, 5.74) is 0.381. The summed E-state index contributed by atoms with van der Waals surface area (Å²) in [5.74, 6) is -0.215. The maximum atomic E-state index is 12.6. The Morgan fingerprint density at radius 2 is 1.96 bits per heavy atom. The van der Waals surface area contributed by atoms with Crippen molar-refractivity contribution in [2.24, 2.45) is 7.05 Å². The molecule has 0 aliphatic heterocycles. The maximum absolute atomic E-state index is 12.6. The van der Waals surface area contributed by atoms with Crippen LogP contribution in [0.1, 0.15) is 10.4 Å². The van der Waals surface area contributed by atoms with Gasteiger partial charge in [-0.1, -0.05) is 12.1 Å². The highest BCUT2D eigenvalue weighted by Gasteiger charge is 2.19. The van der Waals surface area contributed by atoms with Crippen LogP contribution in [-0.4, -0.2) is 45.7 Å². The fourth-order valence-corrected chi connectivity index (χ4v) is 3.12. The normalized spacial score (nSPS) is 11.2. The third-order valence-corrected chi connectivity index (χ3v) is 4.88. The molecule has 3 rings (SSSR count). The number of benzene rings is 2. The molecule has 0 unspecified atom stereocenters. The number of nitro benzene ring substituents is 1. The number of amides is 1. The summed E-state index contributed by atoms with van der Waals surface area (Å²) in [7, 11) is -2.08. The monoisotopic (exact) mass is 402 g/mol. The third-order valence-electron chi connectivity index (χ3n) is 3.79. The highest BCUT2D eigenvalue weighted by Crippen LogP contribution is 2.23. The molecule has 1 amide bonds. The minimum atomic E-state index is -3.74. The molecular weight excluding hydrogens is 388 g/mol. The van der Waals surface area contributed by atoms with Gasteiger partial charge in [-0.05, 0) is 28.6 Å². The van der Waals surface area contributed by atoms with Crippen molar-refractivity contribution in [1.29, 1.82) is 0 Å². The lowest BCUT2D eigenvalue weighted by Gasteiger charge is -2.08. The molecule has 2 aromatic carbocycles. The van der Waals surface area contributed by atoms with Crippen LogP contribution in [0.4, 0.5) is 11.4 Å². The lowest BCUT2D eigenvalue weighted by Crippen LogP contribution is -2.13. The van der Waals surface area contributed by atoms with E-state index in [2.05, 4.69) is 20.8 Å². The van der Waals surface area contributed by atoms with Gasteiger partial charge in [0.15, 0.2) is 15.7 Å². The molecule has 11 nitrogen and oxygen atoms in total. The molecule has 0 radical (unpaired) electrons. The minimum Gasteiger partial charge on any atom is -0.322 e. The van der Waals surface area contributed by atoms with Crippen molar-refractivity contribution in [3.63, 3.8) is 0 Å². The van der Waals surface area contributed by atoms with Crippen LogP contribution < -0.4 is 5.32 Å². The van der Waals surface area contributed by atoms with Crippen molar-refractivity contribution in [1.82, 2.24) is 20.2 Å². The molecule has 1 aromatic heterocycles. The van der Waals surface area contributed by atoms with Gasteiger partial charge in [0.05, 0.1) is 9.82 Å². The average Bonchev–Trinajstić information content (AvgIpc) is 3.06. The van der Waals surface area contributed by atoms with Crippen molar-refractivity contribution < 1.29 is 18.1 Å². The van der Waals surface area contributed by atoms with Gasteiger partial charge >= 0.3 is 0 Å². The summed E-state index contributed by atoms with van der Waals surface area (Å²) in [4.78, 5) is 22.6. The predicted octanol–water partition coefficient (Wildman–Crippen LogP) is 1.44. The van der Waals surface area contributed by atoms with E-state index in [4.69, 9.17) is 0 Å². The maximum Gasteiger partial charge on any atom is 0.271 e. The number of hydrogen-bond acceptors (Lipinski definition) is 8. The molecule has 1 heterocycles. The van der Waals surface area contributed by atoms with E-state index in [1.165, 1.54) is 4.68 Å². The van der Waals surface area contributed by atoms with Crippen LogP contribution in [0.5, 0.6) is 0 Å². The van der Waals surface area contributed by atoms with Gasteiger partial charge in [0.1, 0.15) is 0 Å². The second-order valence-electron chi connectivity index (χ2n) is 5.91. The van der Waals surface area contributed by atoms with Crippen LogP contribution in [0.15, 0.2) is 47.4 Å². The van der Waals surface area contributed by atoms with Crippen molar-refractivity contribution in [2.75, 3.05) is 11.6 Å². The number of hydrogen-bond donors (Lipinski definition) is 1. The van der Waals surface area contributed by atoms with E-state index in [0.29, 0.717) is 17.1 Å². The van der Waals surface area contributed by atoms with Crippen LogP contribution in [0, 0.1) is 10.1 Å². The zero-order valence-corrected chi connectivity index (χ0v) is 15.5. The highest BCUT2D eigenvalue weighted by atomic mass is 32.2. The molecule has 3 aromatic rings. The van der Waals surface area contributed by atoms with Gasteiger partial charge < -0.3 is 5.32 Å². The van der Waals surface area contributed by atoms with E-state index in [9.17, 15) is 23.3 Å². The van der Waals surface area contributed by atoms with Crippen molar-refractivity contribution in [3.05, 3.63) is 58.1 Å². The predicted molar refractivity (Wildman–Crippen MR) is 98.4 cm³/mol. The first kappa shape index (κ1) is 19.1. The first-order valence-electron chi connectivity index (χ1n) is 7.79. The number of sulfone groups is 1. The number of aryl methyl sites for hydroxylation is 1. The molecule has 12 heteroatoms. The highest BCUT2D eigenvalue weighted by molar-refractivity contribution is 7.90. The van der Waals surface area contributed by atoms with Crippen LogP contribution in [0.25, 0.3) is 11.4 Å². The Bertz CT molecular complexity index is 1190. The summed E-state index contributed by atoms with van der Waals surface area (Å²) < 4.78 is 25.0. The Kier molecular flexibility index (Phi) is 4.88. The van der Waals surface area contributed by atoms with E-state index in [1.807, 2.05) is 0 Å². The van der Waals surface area contributed by atoms with Gasteiger partial charge in [0, 0.05) is 42.3 Å². The number of anilines is 1. The molecule has 0 atom stereocenters. The van der Waals surface area contributed by atoms with Crippen LogP contribution in [0.2, 0.25) is 0 Å². The Labute approximate surface area is 159 Å². The van der Waals surface area contributed by atoms with Crippen LogP contribution in [0.3, 0.4) is 0 Å². The molecule has 28 heavy (non-hydrogen) atoms. The average molecular weight is 402 g/mol. The quantitative estimate of drug-likeness (QED) is 0.497. The van der Waals surface area contributed by atoms with Crippen LogP contribution in [-0.2, 0) is 16.9 Å². The number of nitro groups is 1. The molecular formula is C16H14N6O5S. The molecule has 0 aliphatic carbocycles. The first-order chi connectivity index (χ1) is 13.1. The summed E-state index contributed by atoms with van der Waals surface area (Å²) in [5, 5.41) is 24.8. The van der Waals surface area contributed by atoms with E-state index in [0.717, 1.165) is 24.5 Å². The summed E-state index contributed by atoms with van der Waals surface area (Å²) >= 11 is 0. The van der Waals surface area contributed by atoms with Gasteiger partial charge in [0.2, 0.25) is 0 Å². The second kappa shape index (κ2) is 7.15. The molecule has 0 spiro atoms. The molecule has 0 fully saturated rings. The second-order valence-corrected chi connectivity index (χ2v) is 7.92. The number of non-ortho nitro benzene ring substituents is 1. The zero-order valence-electron chi connectivity index (χ0n) is 14.7. The fourth-order valence-electron chi connectivity index (χ4n) is 2.45. The smallest absolute Gasteiger partial charge is 0.271 e. The fraction of sp³-hybridized carbons (Fsp3) is 0.125. The van der Waals surface area contributed by atoms with E-state index < -0.39 is 26.4 Å². The van der Waals surface area contributed by atoms with Gasteiger partial charge in [0.25, 0.3) is 11.6 Å². The number of carbonyl (C=O) groups is 1. The molecule has 0 bridgehead atoms. The molecule has 0 saturated heterocycles. The van der Waals surface area contributed by atoms with E-state index in [1.54, 1.807) is 31.3 Å². The summed E-state index contributed by atoms with van der Waals surface area (Å²) in [6.45, 7) is 0. The Morgan fingerprint density at radius 1 is 1.21 bits per heavy atom. The summed E-state index contributed by atoms with van der Waals surface area (Å²) in [6, 6.07) is 9.67. The van der Waals surface area contributed by atoms with E-state index >= 15 is 0 Å². The largest absolute Gasteiger partial charge is 0.322 e. The number of nitrogens with one attached hydrogen (secondary N) is 1. The number of nitrogens with zero attached hydrogens (tertiary/aromatic N) is 5. The number of tetrazole rings is 1. The van der Waals surface area contributed by atoms with Gasteiger partial charge in [-0.3, -0.25) is 14.9 Å². The Hall–Kier alpha value is -3.67. The first-order valence-corrected chi connectivity index (χ1v) is 9.68. The number of rotatable bonds is 5. The molecule has 1 N–H and O–H groups in total. The lowest BCUT2D eigenvalue weighted by atomic mass is 10.1. The number of aromatic nitrogens is 4. The summed E-state index contributed by atoms with van der Waals surface area (Å²) in [6.07, 6.45) is 0.909. The third kappa shape index (κ3) is 4.01. The Balaban J connectivity index is 1.95. The zero-order chi connectivity index (χ0) is 20.5. The topological polar surface area (TPSA) is 150 Å². The SMILES string of the molecule is Cn1nnnc1-c1cccc(NC(=O)c2cc([N+](=O)[O-])cc(S(C)(=O)=O)c2)c1. The minimum absolute atomic E-state index is 0.152. The van der Waals surface area contributed by atoms with Crippen molar-refractivity contribution in [3.8, 4) is 11.4 Å². The Morgan fingerprint density at radius 3 is 2.57 bits per heavy atom. The number of carbonyl (C=O) groups excluding carboxylic acids is 1. The van der Waals surface area contributed by atoms with Crippen LogP contribution >= 0.6 is 0 Å².